The third-order valence-corrected chi connectivity index (χ3v) is 5.93. The molecule has 1 aliphatic heterocycles. The second-order valence-corrected chi connectivity index (χ2v) is 8.44. The topological polar surface area (TPSA) is 90.4 Å². The SMILES string of the molecule is Cc1ncc(-c2ccc3nc(NC(C)O)sc3c2)cc1NC(=O)CN1CCCC1. The first-order chi connectivity index (χ1) is 14.0. The average molecular weight is 412 g/mol. The first kappa shape index (κ1) is 19.8. The smallest absolute Gasteiger partial charge is 0.238 e. The van der Waals surface area contributed by atoms with Crippen LogP contribution in [0.15, 0.2) is 30.5 Å². The van der Waals surface area contributed by atoms with Crippen LogP contribution >= 0.6 is 11.3 Å². The van der Waals surface area contributed by atoms with Gasteiger partial charge in [0.15, 0.2) is 5.13 Å². The van der Waals surface area contributed by atoms with E-state index in [9.17, 15) is 9.90 Å². The number of aryl methyl sites for hydroxylation is 1. The highest BCUT2D eigenvalue weighted by Crippen LogP contribution is 2.31. The number of nitrogens with one attached hydrogen (secondary N) is 2. The number of thiazole rings is 1. The molecule has 8 heteroatoms. The molecule has 0 aliphatic carbocycles. The molecule has 1 unspecified atom stereocenters. The molecule has 0 spiro atoms. The maximum absolute atomic E-state index is 12.4. The minimum Gasteiger partial charge on any atom is -0.374 e. The molecule has 29 heavy (non-hydrogen) atoms. The summed E-state index contributed by atoms with van der Waals surface area (Å²) in [5.41, 5.74) is 4.36. The quantitative estimate of drug-likeness (QED) is 0.538. The predicted molar refractivity (Wildman–Crippen MR) is 117 cm³/mol. The van der Waals surface area contributed by atoms with Gasteiger partial charge < -0.3 is 15.7 Å². The minimum absolute atomic E-state index is 0.000647. The molecule has 2 aromatic heterocycles. The number of nitrogens with zero attached hydrogens (tertiary/aromatic N) is 3. The molecule has 3 aromatic rings. The molecular formula is C21H25N5O2S. The molecule has 152 valence electrons. The van der Waals surface area contributed by atoms with E-state index in [1.807, 2.05) is 31.3 Å². The van der Waals surface area contributed by atoms with Gasteiger partial charge >= 0.3 is 0 Å². The predicted octanol–water partition coefficient (Wildman–Crippen LogP) is 3.45. The van der Waals surface area contributed by atoms with Gasteiger partial charge in [-0.15, -0.1) is 0 Å². The summed E-state index contributed by atoms with van der Waals surface area (Å²) in [6, 6.07) is 7.99. The van der Waals surface area contributed by atoms with Crippen molar-refractivity contribution in [3.63, 3.8) is 0 Å². The second-order valence-electron chi connectivity index (χ2n) is 7.41. The zero-order chi connectivity index (χ0) is 20.4. The maximum Gasteiger partial charge on any atom is 0.238 e. The number of rotatable bonds is 6. The van der Waals surface area contributed by atoms with Crippen LogP contribution in [0.1, 0.15) is 25.5 Å². The zero-order valence-corrected chi connectivity index (χ0v) is 17.4. The number of benzene rings is 1. The lowest BCUT2D eigenvalue weighted by molar-refractivity contribution is -0.117. The number of hydrogen-bond donors (Lipinski definition) is 3. The Labute approximate surface area is 173 Å². The largest absolute Gasteiger partial charge is 0.374 e. The Hall–Kier alpha value is -2.55. The highest BCUT2D eigenvalue weighted by Gasteiger charge is 2.16. The van der Waals surface area contributed by atoms with Crippen LogP contribution in [0.4, 0.5) is 10.8 Å². The molecular weight excluding hydrogens is 386 g/mol. The number of aliphatic hydroxyl groups is 1. The fraction of sp³-hybridized carbons (Fsp3) is 0.381. The highest BCUT2D eigenvalue weighted by atomic mass is 32.1. The van der Waals surface area contributed by atoms with Gasteiger partial charge in [0.05, 0.1) is 28.1 Å². The molecule has 3 N–H and O–H groups in total. The number of aliphatic hydroxyl groups excluding tert-OH is 1. The number of pyridine rings is 1. The number of carbonyl (C=O) groups is 1. The molecule has 1 aromatic carbocycles. The summed E-state index contributed by atoms with van der Waals surface area (Å²) in [6.07, 6.45) is 3.50. The standard InChI is InChI=1S/C21H25N5O2S/c1-13-18(24-20(28)12-26-7-3-4-8-26)9-16(11-22-13)15-5-6-17-19(10-15)29-21(25-17)23-14(2)27/h5-6,9-11,14,27H,3-4,7-8,12H2,1-2H3,(H,23,25)(H,24,28). The van der Waals surface area contributed by atoms with Crippen LogP contribution < -0.4 is 10.6 Å². The Morgan fingerprint density at radius 1 is 1.28 bits per heavy atom. The number of aromatic nitrogens is 2. The van der Waals surface area contributed by atoms with E-state index < -0.39 is 6.23 Å². The van der Waals surface area contributed by atoms with E-state index in [4.69, 9.17) is 0 Å². The van der Waals surface area contributed by atoms with Gasteiger partial charge in [-0.1, -0.05) is 17.4 Å². The first-order valence-electron chi connectivity index (χ1n) is 9.82. The Morgan fingerprint density at radius 3 is 2.83 bits per heavy atom. The summed E-state index contributed by atoms with van der Waals surface area (Å²) in [6.45, 7) is 5.97. The van der Waals surface area contributed by atoms with Crippen LogP contribution in [0.5, 0.6) is 0 Å². The van der Waals surface area contributed by atoms with E-state index >= 15 is 0 Å². The molecule has 0 saturated carbocycles. The maximum atomic E-state index is 12.4. The Balaban J connectivity index is 1.55. The van der Waals surface area contributed by atoms with E-state index in [1.165, 1.54) is 11.3 Å². The van der Waals surface area contributed by atoms with Crippen molar-refractivity contribution >= 4 is 38.3 Å². The molecule has 7 nitrogen and oxygen atoms in total. The number of hydrogen-bond acceptors (Lipinski definition) is 7. The lowest BCUT2D eigenvalue weighted by atomic mass is 10.1. The van der Waals surface area contributed by atoms with E-state index in [-0.39, 0.29) is 5.91 Å². The van der Waals surface area contributed by atoms with E-state index in [2.05, 4.69) is 31.6 Å². The van der Waals surface area contributed by atoms with Gasteiger partial charge in [-0.2, -0.15) is 0 Å². The fourth-order valence-electron chi connectivity index (χ4n) is 3.50. The summed E-state index contributed by atoms with van der Waals surface area (Å²) < 4.78 is 1.02. The van der Waals surface area contributed by atoms with E-state index in [1.54, 1.807) is 6.92 Å². The lowest BCUT2D eigenvalue weighted by Crippen LogP contribution is -2.31. The highest BCUT2D eigenvalue weighted by molar-refractivity contribution is 7.22. The number of amides is 1. The first-order valence-corrected chi connectivity index (χ1v) is 10.6. The van der Waals surface area contributed by atoms with Gasteiger partial charge in [-0.3, -0.25) is 14.7 Å². The zero-order valence-electron chi connectivity index (χ0n) is 16.6. The van der Waals surface area contributed by atoms with Gasteiger partial charge in [-0.05, 0) is 63.5 Å². The Morgan fingerprint density at radius 2 is 2.07 bits per heavy atom. The van der Waals surface area contributed by atoms with Gasteiger partial charge in [0.1, 0.15) is 6.23 Å². The monoisotopic (exact) mass is 411 g/mol. The molecule has 0 radical (unpaired) electrons. The van der Waals surface area contributed by atoms with Crippen molar-refractivity contribution in [1.29, 1.82) is 0 Å². The molecule has 1 atom stereocenters. The Bertz CT molecular complexity index is 1030. The number of likely N-dealkylation sites (tertiary alicyclic amines) is 1. The third kappa shape index (κ3) is 4.72. The molecule has 1 amide bonds. The summed E-state index contributed by atoms with van der Waals surface area (Å²) >= 11 is 1.49. The summed E-state index contributed by atoms with van der Waals surface area (Å²) in [4.78, 5) is 23.6. The van der Waals surface area contributed by atoms with Crippen molar-refractivity contribution in [3.8, 4) is 11.1 Å². The molecule has 0 bridgehead atoms. The molecule has 3 heterocycles. The van der Waals surface area contributed by atoms with Gasteiger partial charge in [0, 0.05) is 11.8 Å². The van der Waals surface area contributed by atoms with Crippen molar-refractivity contribution < 1.29 is 9.90 Å². The fourth-order valence-corrected chi connectivity index (χ4v) is 4.48. The van der Waals surface area contributed by atoms with Crippen LogP contribution in [-0.4, -0.2) is 51.7 Å². The number of anilines is 2. The normalized spacial score (nSPS) is 15.6. The van der Waals surface area contributed by atoms with Crippen molar-refractivity contribution in [2.45, 2.75) is 32.9 Å². The molecule has 1 aliphatic rings. The van der Waals surface area contributed by atoms with Crippen molar-refractivity contribution in [3.05, 3.63) is 36.2 Å². The summed E-state index contributed by atoms with van der Waals surface area (Å²) in [5, 5.41) is 16.1. The lowest BCUT2D eigenvalue weighted by Gasteiger charge is -2.15. The van der Waals surface area contributed by atoms with E-state index in [0.717, 1.165) is 58.7 Å². The molecule has 4 rings (SSSR count). The van der Waals surface area contributed by atoms with Crippen LogP contribution in [0.25, 0.3) is 21.3 Å². The van der Waals surface area contributed by atoms with Crippen LogP contribution in [0.2, 0.25) is 0 Å². The number of carbonyl (C=O) groups excluding carboxylic acids is 1. The van der Waals surface area contributed by atoms with Crippen LogP contribution in [-0.2, 0) is 4.79 Å². The van der Waals surface area contributed by atoms with Crippen LogP contribution in [0, 0.1) is 6.92 Å². The average Bonchev–Trinajstić information content (AvgIpc) is 3.31. The Kier molecular flexibility index (Phi) is 5.75. The number of fused-ring (bicyclic) bond motifs is 1. The van der Waals surface area contributed by atoms with E-state index in [0.29, 0.717) is 11.7 Å². The van der Waals surface area contributed by atoms with Crippen molar-refractivity contribution in [1.82, 2.24) is 14.9 Å². The van der Waals surface area contributed by atoms with Gasteiger partial charge in [0.2, 0.25) is 5.91 Å². The van der Waals surface area contributed by atoms with Gasteiger partial charge in [0.25, 0.3) is 0 Å². The van der Waals surface area contributed by atoms with Crippen LogP contribution in [0.3, 0.4) is 0 Å². The minimum atomic E-state index is -0.650. The third-order valence-electron chi connectivity index (χ3n) is 4.98. The van der Waals surface area contributed by atoms with Gasteiger partial charge in [-0.25, -0.2) is 4.98 Å². The molecule has 1 saturated heterocycles. The summed E-state index contributed by atoms with van der Waals surface area (Å²) in [5.74, 6) is 0.000647. The van der Waals surface area contributed by atoms with Crippen molar-refractivity contribution in [2.24, 2.45) is 0 Å². The second kappa shape index (κ2) is 8.44. The summed E-state index contributed by atoms with van der Waals surface area (Å²) in [7, 11) is 0. The molecule has 1 fully saturated rings. The van der Waals surface area contributed by atoms with Crippen molar-refractivity contribution in [2.75, 3.05) is 30.3 Å².